The maximum atomic E-state index is 11.3. The molecule has 2 rings (SSSR count). The van der Waals surface area contributed by atoms with Crippen LogP contribution in [0.3, 0.4) is 0 Å². The van der Waals surface area contributed by atoms with Crippen molar-refractivity contribution in [2.75, 3.05) is 26.5 Å². The highest BCUT2D eigenvalue weighted by atomic mass is 32.2. The number of ether oxygens (including phenoxy) is 1. The molecule has 0 radical (unpaired) electrons. The molecule has 148 valence electrons. The Kier molecular flexibility index (Phi) is 8.35. The van der Waals surface area contributed by atoms with Gasteiger partial charge < -0.3 is 19.8 Å². The number of benzene rings is 1. The monoisotopic (exact) mass is 393 g/mol. The first-order valence-electron chi connectivity index (χ1n) is 8.76. The van der Waals surface area contributed by atoms with E-state index in [0.717, 1.165) is 29.9 Å². The average molecular weight is 394 g/mol. The summed E-state index contributed by atoms with van der Waals surface area (Å²) in [6.45, 7) is 2.46. The Labute approximate surface area is 160 Å². The van der Waals surface area contributed by atoms with Gasteiger partial charge in [0.2, 0.25) is 0 Å². The first kappa shape index (κ1) is 21.0. The third-order valence-electron chi connectivity index (χ3n) is 3.72. The zero-order chi connectivity index (χ0) is 19.5. The molecule has 0 saturated carbocycles. The summed E-state index contributed by atoms with van der Waals surface area (Å²) >= 11 is 0. The van der Waals surface area contributed by atoms with Gasteiger partial charge in [-0.1, -0.05) is 24.3 Å². The maximum Gasteiger partial charge on any atom is 0.191 e. The summed E-state index contributed by atoms with van der Waals surface area (Å²) < 4.78 is 33.4. The van der Waals surface area contributed by atoms with Crippen molar-refractivity contribution in [3.05, 3.63) is 59.5 Å². The molecule has 7 nitrogen and oxygen atoms in total. The minimum absolute atomic E-state index is 0.0614. The van der Waals surface area contributed by atoms with Gasteiger partial charge in [0.25, 0.3) is 0 Å². The molecule has 0 fully saturated rings. The third kappa shape index (κ3) is 8.74. The van der Waals surface area contributed by atoms with Gasteiger partial charge in [-0.25, -0.2) is 8.42 Å². The minimum Gasteiger partial charge on any atom is -0.467 e. The number of rotatable bonds is 10. The molecule has 0 atom stereocenters. The van der Waals surface area contributed by atoms with Crippen LogP contribution in [0.5, 0.6) is 0 Å². The number of nitrogens with zero attached hydrogens (tertiary/aromatic N) is 1. The van der Waals surface area contributed by atoms with Crippen LogP contribution in [0.25, 0.3) is 0 Å². The van der Waals surface area contributed by atoms with E-state index >= 15 is 0 Å². The number of hydrogen-bond acceptors (Lipinski definition) is 5. The number of sulfone groups is 1. The van der Waals surface area contributed by atoms with Crippen molar-refractivity contribution in [1.82, 2.24) is 10.6 Å². The zero-order valence-electron chi connectivity index (χ0n) is 15.8. The van der Waals surface area contributed by atoms with Crippen molar-refractivity contribution in [3.63, 3.8) is 0 Å². The lowest BCUT2D eigenvalue weighted by Gasteiger charge is -2.12. The van der Waals surface area contributed by atoms with E-state index in [4.69, 9.17) is 9.15 Å². The third-order valence-corrected chi connectivity index (χ3v) is 4.58. The number of furan rings is 1. The van der Waals surface area contributed by atoms with Crippen molar-refractivity contribution in [2.24, 2.45) is 4.99 Å². The van der Waals surface area contributed by atoms with Crippen LogP contribution < -0.4 is 10.6 Å². The van der Waals surface area contributed by atoms with Crippen molar-refractivity contribution in [3.8, 4) is 0 Å². The van der Waals surface area contributed by atoms with Crippen LogP contribution in [0.4, 0.5) is 0 Å². The quantitative estimate of drug-likeness (QED) is 0.365. The van der Waals surface area contributed by atoms with Gasteiger partial charge in [-0.3, -0.25) is 4.99 Å². The van der Waals surface area contributed by atoms with Crippen LogP contribution in [0.1, 0.15) is 23.3 Å². The first-order valence-corrected chi connectivity index (χ1v) is 10.8. The van der Waals surface area contributed by atoms with E-state index in [-0.39, 0.29) is 5.75 Å². The molecule has 1 heterocycles. The molecule has 0 saturated heterocycles. The lowest BCUT2D eigenvalue weighted by molar-refractivity contribution is 0.105. The summed E-state index contributed by atoms with van der Waals surface area (Å²) in [7, 11) is -1.29. The second-order valence-electron chi connectivity index (χ2n) is 6.22. The Balaban J connectivity index is 1.63. The molecule has 0 spiro atoms. The van der Waals surface area contributed by atoms with E-state index in [1.807, 2.05) is 36.4 Å². The maximum absolute atomic E-state index is 11.3. The summed E-state index contributed by atoms with van der Waals surface area (Å²) in [6, 6.07) is 11.2. The molecule has 2 N–H and O–H groups in total. The van der Waals surface area contributed by atoms with Gasteiger partial charge in [0, 0.05) is 33.0 Å². The van der Waals surface area contributed by atoms with E-state index in [9.17, 15) is 8.42 Å². The fourth-order valence-electron chi connectivity index (χ4n) is 2.41. The largest absolute Gasteiger partial charge is 0.467 e. The van der Waals surface area contributed by atoms with Gasteiger partial charge in [0.05, 0.1) is 12.0 Å². The molecule has 8 heteroatoms. The average Bonchev–Trinajstić information content (AvgIpc) is 3.14. The molecular formula is C19H27N3O4S. The molecule has 0 bridgehead atoms. The number of hydrogen-bond donors (Lipinski definition) is 2. The van der Waals surface area contributed by atoms with Crippen LogP contribution in [-0.4, -0.2) is 40.8 Å². The first-order chi connectivity index (χ1) is 13.0. The van der Waals surface area contributed by atoms with Crippen LogP contribution in [0, 0.1) is 0 Å². The Bertz CT molecular complexity index is 800. The summed E-state index contributed by atoms with van der Waals surface area (Å²) in [5.74, 6) is 1.59. The zero-order valence-corrected chi connectivity index (χ0v) is 16.6. The molecule has 1 aromatic carbocycles. The van der Waals surface area contributed by atoms with E-state index < -0.39 is 9.84 Å². The lowest BCUT2D eigenvalue weighted by atomic mass is 10.1. The minimum atomic E-state index is -3.01. The predicted molar refractivity (Wildman–Crippen MR) is 106 cm³/mol. The molecule has 27 heavy (non-hydrogen) atoms. The Morgan fingerprint density at radius 1 is 1.15 bits per heavy atom. The van der Waals surface area contributed by atoms with Crippen LogP contribution in [0.15, 0.2) is 52.1 Å². The molecule has 0 aliphatic heterocycles. The van der Waals surface area contributed by atoms with E-state index in [2.05, 4.69) is 15.6 Å². The Morgan fingerprint density at radius 3 is 2.52 bits per heavy atom. The standard InChI is InChI=1S/C19H27N3O4S/c1-20-19(21-10-4-11-25-14-18-5-3-12-26-18)22-13-16-6-8-17(9-7-16)15-27(2,23)24/h3,5-9,12H,4,10-11,13-15H2,1-2H3,(H2,20,21,22). The molecule has 0 aliphatic carbocycles. The predicted octanol–water partition coefficient (Wildman–Crippen LogP) is 2.10. The summed E-state index contributed by atoms with van der Waals surface area (Å²) in [5.41, 5.74) is 1.84. The highest BCUT2D eigenvalue weighted by molar-refractivity contribution is 7.89. The highest BCUT2D eigenvalue weighted by Crippen LogP contribution is 2.07. The molecular weight excluding hydrogens is 366 g/mol. The van der Waals surface area contributed by atoms with Crippen molar-refractivity contribution >= 4 is 15.8 Å². The SMILES string of the molecule is CN=C(NCCCOCc1ccco1)NCc1ccc(CS(C)(=O)=O)cc1. The van der Waals surface area contributed by atoms with Gasteiger partial charge in [0.1, 0.15) is 12.4 Å². The summed E-state index contributed by atoms with van der Waals surface area (Å²) in [5, 5.41) is 6.46. The van der Waals surface area contributed by atoms with E-state index in [1.165, 1.54) is 6.26 Å². The number of aliphatic imine (C=N–C) groups is 1. The molecule has 2 aromatic rings. The molecule has 0 amide bonds. The van der Waals surface area contributed by atoms with Gasteiger partial charge >= 0.3 is 0 Å². The van der Waals surface area contributed by atoms with Crippen LogP contribution in [0.2, 0.25) is 0 Å². The van der Waals surface area contributed by atoms with E-state index in [0.29, 0.717) is 25.7 Å². The molecule has 0 unspecified atom stereocenters. The van der Waals surface area contributed by atoms with Crippen molar-refractivity contribution in [2.45, 2.75) is 25.3 Å². The second kappa shape index (κ2) is 10.7. The van der Waals surface area contributed by atoms with Gasteiger partial charge in [-0.15, -0.1) is 0 Å². The normalized spacial score (nSPS) is 12.1. The van der Waals surface area contributed by atoms with Crippen LogP contribution in [-0.2, 0) is 33.5 Å². The topological polar surface area (TPSA) is 92.9 Å². The fraction of sp³-hybridized carbons (Fsp3) is 0.421. The summed E-state index contributed by atoms with van der Waals surface area (Å²) in [4.78, 5) is 4.19. The Hall–Kier alpha value is -2.32. The fourth-order valence-corrected chi connectivity index (χ4v) is 3.21. The van der Waals surface area contributed by atoms with Crippen molar-refractivity contribution in [1.29, 1.82) is 0 Å². The highest BCUT2D eigenvalue weighted by Gasteiger charge is 2.04. The van der Waals surface area contributed by atoms with Gasteiger partial charge in [-0.2, -0.15) is 0 Å². The van der Waals surface area contributed by atoms with Gasteiger partial charge in [-0.05, 0) is 29.7 Å². The van der Waals surface area contributed by atoms with Crippen LogP contribution >= 0.6 is 0 Å². The lowest BCUT2D eigenvalue weighted by Crippen LogP contribution is -2.37. The second-order valence-corrected chi connectivity index (χ2v) is 8.36. The van der Waals surface area contributed by atoms with Gasteiger partial charge in [0.15, 0.2) is 15.8 Å². The van der Waals surface area contributed by atoms with Crippen molar-refractivity contribution < 1.29 is 17.6 Å². The number of nitrogens with one attached hydrogen (secondary N) is 2. The smallest absolute Gasteiger partial charge is 0.191 e. The van der Waals surface area contributed by atoms with E-state index in [1.54, 1.807) is 13.3 Å². The molecule has 1 aromatic heterocycles. The molecule has 0 aliphatic rings. The Morgan fingerprint density at radius 2 is 1.89 bits per heavy atom. The number of guanidine groups is 1. The summed E-state index contributed by atoms with van der Waals surface area (Å²) in [6.07, 6.45) is 3.72.